The largest absolute Gasteiger partial charge is 0.465 e. The summed E-state index contributed by atoms with van der Waals surface area (Å²) in [6, 6.07) is 0. The van der Waals surface area contributed by atoms with Crippen molar-refractivity contribution in [1.82, 2.24) is 9.78 Å². The summed E-state index contributed by atoms with van der Waals surface area (Å²) in [5, 5.41) is 3.95. The number of carbonyl (C=O) groups is 1. The lowest BCUT2D eigenvalue weighted by Crippen LogP contribution is -2.12. The molecule has 9 heteroatoms. The van der Waals surface area contributed by atoms with Crippen molar-refractivity contribution in [3.63, 3.8) is 0 Å². The van der Waals surface area contributed by atoms with Crippen molar-refractivity contribution >= 4 is 16.1 Å². The molecule has 0 aliphatic heterocycles. The minimum Gasteiger partial charge on any atom is -0.465 e. The Morgan fingerprint density at radius 3 is 2.74 bits per heavy atom. The van der Waals surface area contributed by atoms with Gasteiger partial charge in [0.15, 0.2) is 0 Å². The third-order valence-corrected chi connectivity index (χ3v) is 2.64. The van der Waals surface area contributed by atoms with Gasteiger partial charge < -0.3 is 9.47 Å². The minimum absolute atomic E-state index is 0.0225. The van der Waals surface area contributed by atoms with Crippen LogP contribution in [0.25, 0.3) is 0 Å². The van der Waals surface area contributed by atoms with Crippen LogP contribution in [0.2, 0.25) is 0 Å². The Labute approximate surface area is 111 Å². The van der Waals surface area contributed by atoms with Crippen LogP contribution in [0.15, 0.2) is 12.4 Å². The quantitative estimate of drug-likeness (QED) is 0.367. The fraction of sp³-hybridized carbons (Fsp3) is 0.600. The van der Waals surface area contributed by atoms with E-state index >= 15 is 0 Å². The lowest BCUT2D eigenvalue weighted by atomic mass is 10.4. The Kier molecular flexibility index (Phi) is 5.93. The number of methoxy groups -OCH3 is 1. The summed E-state index contributed by atoms with van der Waals surface area (Å²) in [6.07, 6.45) is 3.92. The van der Waals surface area contributed by atoms with Crippen molar-refractivity contribution in [1.29, 1.82) is 0 Å². The maximum Gasteiger partial charge on any atom is 0.341 e. The van der Waals surface area contributed by atoms with E-state index < -0.39 is 16.1 Å². The van der Waals surface area contributed by atoms with Crippen LogP contribution >= 0.6 is 0 Å². The third-order valence-electron chi connectivity index (χ3n) is 2.04. The predicted molar refractivity (Wildman–Crippen MR) is 65.2 cm³/mol. The number of esters is 1. The van der Waals surface area contributed by atoms with Gasteiger partial charge in [-0.1, -0.05) is 0 Å². The summed E-state index contributed by atoms with van der Waals surface area (Å²) >= 11 is 0. The first-order valence-corrected chi connectivity index (χ1v) is 7.27. The zero-order chi connectivity index (χ0) is 14.3. The Bertz CT molecular complexity index is 510. The van der Waals surface area contributed by atoms with Gasteiger partial charge in [0.25, 0.3) is 10.1 Å². The first-order valence-electron chi connectivity index (χ1n) is 5.45. The van der Waals surface area contributed by atoms with Crippen molar-refractivity contribution in [2.75, 3.05) is 33.2 Å². The molecule has 0 radical (unpaired) electrons. The Morgan fingerprint density at radius 2 is 2.11 bits per heavy atom. The molecule has 0 spiro atoms. The molecule has 0 saturated carbocycles. The van der Waals surface area contributed by atoms with Gasteiger partial charge in [0.2, 0.25) is 0 Å². The minimum atomic E-state index is -3.42. The molecule has 0 unspecified atom stereocenters. The number of aromatic nitrogens is 2. The second-order valence-corrected chi connectivity index (χ2v) is 5.27. The van der Waals surface area contributed by atoms with Crippen LogP contribution in [-0.2, 0) is 30.3 Å². The van der Waals surface area contributed by atoms with E-state index in [-0.39, 0.29) is 13.2 Å². The van der Waals surface area contributed by atoms with Crippen LogP contribution in [0.3, 0.4) is 0 Å². The second-order valence-electron chi connectivity index (χ2n) is 3.62. The van der Waals surface area contributed by atoms with E-state index in [0.29, 0.717) is 18.7 Å². The lowest BCUT2D eigenvalue weighted by molar-refractivity contribution is 0.0600. The molecule has 1 rings (SSSR count). The molecule has 0 fully saturated rings. The average Bonchev–Trinajstić information content (AvgIpc) is 2.80. The molecule has 0 aromatic carbocycles. The number of hydrogen-bond acceptors (Lipinski definition) is 7. The van der Waals surface area contributed by atoms with Crippen LogP contribution in [0.5, 0.6) is 0 Å². The SMILES string of the molecule is COC(=O)c1cnn(CCOCCOS(C)(=O)=O)c1. The van der Waals surface area contributed by atoms with Crippen LogP contribution in [0.4, 0.5) is 0 Å². The summed E-state index contributed by atoms with van der Waals surface area (Å²) in [5.74, 6) is -0.450. The van der Waals surface area contributed by atoms with E-state index in [1.165, 1.54) is 18.0 Å². The molecule has 8 nitrogen and oxygen atoms in total. The molecule has 0 N–H and O–H groups in total. The monoisotopic (exact) mass is 292 g/mol. The normalized spacial score (nSPS) is 11.5. The highest BCUT2D eigenvalue weighted by Crippen LogP contribution is 1.99. The van der Waals surface area contributed by atoms with Gasteiger partial charge >= 0.3 is 5.97 Å². The highest BCUT2D eigenvalue weighted by molar-refractivity contribution is 7.85. The van der Waals surface area contributed by atoms with Gasteiger partial charge in [0.05, 0.1) is 51.5 Å². The number of carbonyl (C=O) groups excluding carboxylic acids is 1. The number of nitrogens with zero attached hydrogens (tertiary/aromatic N) is 2. The molecule has 1 heterocycles. The van der Waals surface area contributed by atoms with Crippen LogP contribution in [0, 0.1) is 0 Å². The van der Waals surface area contributed by atoms with Crippen molar-refractivity contribution in [2.45, 2.75) is 6.54 Å². The summed E-state index contributed by atoms with van der Waals surface area (Å²) in [5.41, 5.74) is 0.364. The Morgan fingerprint density at radius 1 is 1.37 bits per heavy atom. The van der Waals surface area contributed by atoms with Crippen molar-refractivity contribution in [2.24, 2.45) is 0 Å². The van der Waals surface area contributed by atoms with E-state index in [9.17, 15) is 13.2 Å². The Hall–Kier alpha value is -1.45. The predicted octanol–water partition coefficient (Wildman–Crippen LogP) is -0.337. The van der Waals surface area contributed by atoms with Crippen LogP contribution in [0.1, 0.15) is 10.4 Å². The Balaban J connectivity index is 2.19. The van der Waals surface area contributed by atoms with Gasteiger partial charge in [0, 0.05) is 6.20 Å². The molecule has 0 aliphatic rings. The van der Waals surface area contributed by atoms with Gasteiger partial charge in [-0.05, 0) is 0 Å². The summed E-state index contributed by atoms with van der Waals surface area (Å²) < 4.78 is 37.0. The fourth-order valence-electron chi connectivity index (χ4n) is 1.21. The lowest BCUT2D eigenvalue weighted by Gasteiger charge is -2.04. The first-order chi connectivity index (χ1) is 8.92. The van der Waals surface area contributed by atoms with Crippen LogP contribution < -0.4 is 0 Å². The molecule has 1 aromatic rings. The maximum absolute atomic E-state index is 11.2. The molecule has 0 saturated heterocycles. The number of hydrogen-bond donors (Lipinski definition) is 0. The zero-order valence-electron chi connectivity index (χ0n) is 10.7. The van der Waals surface area contributed by atoms with E-state index in [1.54, 1.807) is 6.20 Å². The van der Waals surface area contributed by atoms with Gasteiger partial charge in [-0.25, -0.2) is 4.79 Å². The van der Waals surface area contributed by atoms with Crippen molar-refractivity contribution in [3.8, 4) is 0 Å². The molecule has 0 atom stereocenters. The number of rotatable bonds is 8. The van der Waals surface area contributed by atoms with Gasteiger partial charge in [-0.15, -0.1) is 0 Å². The molecule has 0 amide bonds. The highest BCUT2D eigenvalue weighted by atomic mass is 32.2. The molecule has 0 aliphatic carbocycles. The van der Waals surface area contributed by atoms with E-state index in [1.807, 2.05) is 0 Å². The van der Waals surface area contributed by atoms with E-state index in [0.717, 1.165) is 6.26 Å². The van der Waals surface area contributed by atoms with Gasteiger partial charge in [-0.3, -0.25) is 8.86 Å². The topological polar surface area (TPSA) is 96.7 Å². The third kappa shape index (κ3) is 6.32. The fourth-order valence-corrected chi connectivity index (χ4v) is 1.58. The smallest absolute Gasteiger partial charge is 0.341 e. The second kappa shape index (κ2) is 7.22. The van der Waals surface area contributed by atoms with Crippen LogP contribution in [-0.4, -0.2) is 57.4 Å². The highest BCUT2D eigenvalue weighted by Gasteiger charge is 2.07. The molecule has 1 aromatic heterocycles. The molecule has 19 heavy (non-hydrogen) atoms. The average molecular weight is 292 g/mol. The standard InChI is InChI=1S/C10H16N2O6S/c1-16-10(13)9-7-11-12(8-9)3-4-17-5-6-18-19(2,14)15/h7-8H,3-6H2,1-2H3. The van der Waals surface area contributed by atoms with Crippen molar-refractivity contribution < 1.29 is 26.9 Å². The summed E-state index contributed by atoms with van der Waals surface area (Å²) in [7, 11) is -2.13. The van der Waals surface area contributed by atoms with Gasteiger partial charge in [0.1, 0.15) is 0 Å². The molecular formula is C10H16N2O6S. The number of ether oxygens (including phenoxy) is 2. The molecular weight excluding hydrogens is 276 g/mol. The zero-order valence-corrected chi connectivity index (χ0v) is 11.6. The summed E-state index contributed by atoms with van der Waals surface area (Å²) in [4.78, 5) is 11.2. The maximum atomic E-state index is 11.2. The first kappa shape index (κ1) is 15.6. The molecule has 0 bridgehead atoms. The summed E-state index contributed by atoms with van der Waals surface area (Å²) in [6.45, 7) is 0.912. The van der Waals surface area contributed by atoms with E-state index in [4.69, 9.17) is 4.74 Å². The van der Waals surface area contributed by atoms with Crippen molar-refractivity contribution in [3.05, 3.63) is 18.0 Å². The molecule has 108 valence electrons. The van der Waals surface area contributed by atoms with E-state index in [2.05, 4.69) is 14.0 Å². The van der Waals surface area contributed by atoms with Gasteiger partial charge in [-0.2, -0.15) is 13.5 Å².